The third kappa shape index (κ3) is 2.10. The summed E-state index contributed by atoms with van der Waals surface area (Å²) in [5.41, 5.74) is 4.74. The van der Waals surface area contributed by atoms with Gasteiger partial charge in [0, 0.05) is 6.20 Å². The first kappa shape index (κ1) is 12.7. The van der Waals surface area contributed by atoms with Crippen LogP contribution in [0, 0.1) is 0 Å². The molecule has 2 heterocycles. The Kier molecular flexibility index (Phi) is 3.39. The molecular weight excluding hydrogens is 245 g/mol. The molecular formula is C8H8ClF3N4. The molecule has 0 spiro atoms. The summed E-state index contributed by atoms with van der Waals surface area (Å²) in [5.74, 6) is 0.429. The summed E-state index contributed by atoms with van der Waals surface area (Å²) in [6.07, 6.45) is -3.10. The van der Waals surface area contributed by atoms with Crippen LogP contribution in [-0.2, 0) is 12.7 Å². The van der Waals surface area contributed by atoms with Gasteiger partial charge >= 0.3 is 6.18 Å². The minimum absolute atomic E-state index is 0. The highest BCUT2D eigenvalue weighted by Gasteiger charge is 2.30. The summed E-state index contributed by atoms with van der Waals surface area (Å²) < 4.78 is 38.4. The van der Waals surface area contributed by atoms with Crippen LogP contribution in [0.5, 0.6) is 0 Å². The van der Waals surface area contributed by atoms with Gasteiger partial charge in [-0.05, 0) is 12.1 Å². The van der Waals surface area contributed by atoms with Crippen LogP contribution in [0.15, 0.2) is 18.3 Å². The van der Waals surface area contributed by atoms with Crippen molar-refractivity contribution in [2.75, 3.05) is 0 Å². The van der Waals surface area contributed by atoms with Crippen LogP contribution < -0.4 is 5.73 Å². The van der Waals surface area contributed by atoms with Crippen molar-refractivity contribution >= 4 is 18.1 Å². The lowest BCUT2D eigenvalue weighted by atomic mass is 10.2. The number of hydrogen-bond acceptors (Lipinski definition) is 3. The lowest BCUT2D eigenvalue weighted by Gasteiger charge is -2.06. The van der Waals surface area contributed by atoms with E-state index in [1.807, 2.05) is 0 Å². The number of pyridine rings is 1. The van der Waals surface area contributed by atoms with E-state index in [-0.39, 0.29) is 24.6 Å². The van der Waals surface area contributed by atoms with Crippen LogP contribution in [0.3, 0.4) is 0 Å². The molecule has 0 unspecified atom stereocenters. The predicted molar refractivity (Wildman–Crippen MR) is 53.1 cm³/mol. The molecule has 0 aliphatic heterocycles. The number of fused-ring (bicyclic) bond motifs is 1. The van der Waals surface area contributed by atoms with Gasteiger partial charge in [-0.2, -0.15) is 13.2 Å². The van der Waals surface area contributed by atoms with Gasteiger partial charge in [-0.15, -0.1) is 22.6 Å². The lowest BCUT2D eigenvalue weighted by Crippen LogP contribution is -2.07. The summed E-state index contributed by atoms with van der Waals surface area (Å²) in [6.45, 7) is 0.131. The van der Waals surface area contributed by atoms with Crippen molar-refractivity contribution in [3.8, 4) is 0 Å². The van der Waals surface area contributed by atoms with Crippen molar-refractivity contribution in [3.63, 3.8) is 0 Å². The van der Waals surface area contributed by atoms with Crippen molar-refractivity contribution in [2.45, 2.75) is 12.7 Å². The smallest absolute Gasteiger partial charge is 0.324 e. The van der Waals surface area contributed by atoms with Crippen LogP contribution in [0.2, 0.25) is 0 Å². The predicted octanol–water partition coefficient (Wildman–Crippen LogP) is 1.63. The summed E-state index contributed by atoms with van der Waals surface area (Å²) in [5, 5.41) is 7.25. The average molecular weight is 253 g/mol. The zero-order valence-electron chi connectivity index (χ0n) is 7.90. The molecule has 0 aromatic carbocycles. The Morgan fingerprint density at radius 1 is 1.31 bits per heavy atom. The molecule has 0 fully saturated rings. The minimum atomic E-state index is -4.36. The second-order valence-electron chi connectivity index (χ2n) is 2.96. The highest BCUT2D eigenvalue weighted by atomic mass is 35.5. The topological polar surface area (TPSA) is 56.2 Å². The van der Waals surface area contributed by atoms with Crippen molar-refractivity contribution in [3.05, 3.63) is 29.7 Å². The average Bonchev–Trinajstić information content (AvgIpc) is 2.58. The number of aromatic nitrogens is 3. The van der Waals surface area contributed by atoms with Crippen LogP contribution in [0.25, 0.3) is 5.65 Å². The third-order valence-electron chi connectivity index (χ3n) is 1.99. The molecule has 0 amide bonds. The van der Waals surface area contributed by atoms with Gasteiger partial charge in [-0.1, -0.05) is 0 Å². The van der Waals surface area contributed by atoms with Crippen LogP contribution in [-0.4, -0.2) is 14.6 Å². The van der Waals surface area contributed by atoms with Crippen molar-refractivity contribution in [1.82, 2.24) is 14.6 Å². The zero-order valence-corrected chi connectivity index (χ0v) is 8.72. The maximum Gasteiger partial charge on any atom is 0.416 e. The zero-order chi connectivity index (χ0) is 11.1. The number of halogens is 4. The first-order valence-electron chi connectivity index (χ1n) is 4.13. The minimum Gasteiger partial charge on any atom is -0.324 e. The molecule has 0 saturated carbocycles. The quantitative estimate of drug-likeness (QED) is 0.839. The number of rotatable bonds is 1. The van der Waals surface area contributed by atoms with Gasteiger partial charge in [0.2, 0.25) is 0 Å². The summed E-state index contributed by atoms with van der Waals surface area (Å²) >= 11 is 0. The SMILES string of the molecule is Cl.NCc1nnc2cc(C(F)(F)F)ccn12. The van der Waals surface area contributed by atoms with E-state index in [9.17, 15) is 13.2 Å². The fourth-order valence-electron chi connectivity index (χ4n) is 1.26. The van der Waals surface area contributed by atoms with Gasteiger partial charge in [-0.3, -0.25) is 4.40 Å². The van der Waals surface area contributed by atoms with E-state index in [0.717, 1.165) is 12.1 Å². The fourth-order valence-corrected chi connectivity index (χ4v) is 1.26. The second-order valence-corrected chi connectivity index (χ2v) is 2.96. The first-order valence-corrected chi connectivity index (χ1v) is 4.13. The molecule has 0 bridgehead atoms. The van der Waals surface area contributed by atoms with E-state index in [4.69, 9.17) is 5.73 Å². The number of nitrogens with two attached hydrogens (primary N) is 1. The second kappa shape index (κ2) is 4.26. The van der Waals surface area contributed by atoms with Crippen LogP contribution in [0.4, 0.5) is 13.2 Å². The molecule has 8 heteroatoms. The molecule has 2 N–H and O–H groups in total. The Hall–Kier alpha value is -1.34. The maximum absolute atomic E-state index is 12.3. The Balaban J connectivity index is 0.00000128. The van der Waals surface area contributed by atoms with Crippen molar-refractivity contribution < 1.29 is 13.2 Å². The Labute approximate surface area is 94.7 Å². The van der Waals surface area contributed by atoms with Crippen LogP contribution in [0.1, 0.15) is 11.4 Å². The first-order chi connectivity index (χ1) is 7.02. The van der Waals surface area contributed by atoms with Crippen molar-refractivity contribution in [1.29, 1.82) is 0 Å². The molecule has 4 nitrogen and oxygen atoms in total. The summed E-state index contributed by atoms with van der Waals surface area (Å²) in [4.78, 5) is 0. The van der Waals surface area contributed by atoms with E-state index in [1.165, 1.54) is 10.6 Å². The summed E-state index contributed by atoms with van der Waals surface area (Å²) in [7, 11) is 0. The molecule has 16 heavy (non-hydrogen) atoms. The Morgan fingerprint density at radius 3 is 2.56 bits per heavy atom. The number of alkyl halides is 3. The van der Waals surface area contributed by atoms with E-state index in [1.54, 1.807) is 0 Å². The number of hydrogen-bond donors (Lipinski definition) is 1. The van der Waals surface area contributed by atoms with Gasteiger partial charge < -0.3 is 5.73 Å². The van der Waals surface area contributed by atoms with E-state index < -0.39 is 11.7 Å². The molecule has 0 saturated heterocycles. The number of nitrogens with zero attached hydrogens (tertiary/aromatic N) is 3. The Bertz CT molecular complexity index is 493. The fraction of sp³-hybridized carbons (Fsp3) is 0.250. The molecule has 2 aromatic rings. The highest BCUT2D eigenvalue weighted by molar-refractivity contribution is 5.85. The Morgan fingerprint density at radius 2 is 2.00 bits per heavy atom. The lowest BCUT2D eigenvalue weighted by molar-refractivity contribution is -0.137. The van der Waals surface area contributed by atoms with Crippen molar-refractivity contribution in [2.24, 2.45) is 5.73 Å². The summed E-state index contributed by atoms with van der Waals surface area (Å²) in [6, 6.07) is 1.90. The van der Waals surface area contributed by atoms with E-state index in [2.05, 4.69) is 10.2 Å². The molecule has 0 aliphatic rings. The molecule has 0 atom stereocenters. The van der Waals surface area contributed by atoms with Gasteiger partial charge in [0.1, 0.15) is 0 Å². The van der Waals surface area contributed by atoms with Gasteiger partial charge in [0.15, 0.2) is 11.5 Å². The molecule has 2 aromatic heterocycles. The third-order valence-corrected chi connectivity index (χ3v) is 1.99. The van der Waals surface area contributed by atoms with Crippen LogP contribution >= 0.6 is 12.4 Å². The maximum atomic E-state index is 12.3. The van der Waals surface area contributed by atoms with E-state index in [0.29, 0.717) is 5.82 Å². The van der Waals surface area contributed by atoms with Gasteiger partial charge in [0.25, 0.3) is 0 Å². The monoisotopic (exact) mass is 252 g/mol. The normalized spacial score (nSPS) is 11.5. The van der Waals surface area contributed by atoms with Gasteiger partial charge in [-0.25, -0.2) is 0 Å². The standard InChI is InChI=1S/C8H7F3N4.ClH/c9-8(10,11)5-1-2-15-6(3-5)13-14-7(15)4-12;/h1-3H,4,12H2;1H. The molecule has 2 rings (SSSR count). The molecule has 0 aliphatic carbocycles. The molecule has 0 radical (unpaired) electrons. The van der Waals surface area contributed by atoms with Gasteiger partial charge in [0.05, 0.1) is 12.1 Å². The molecule has 88 valence electrons. The largest absolute Gasteiger partial charge is 0.416 e. The van der Waals surface area contributed by atoms with E-state index >= 15 is 0 Å². The highest BCUT2D eigenvalue weighted by Crippen LogP contribution is 2.29.